The Hall–Kier alpha value is -2.57. The summed E-state index contributed by atoms with van der Waals surface area (Å²) in [5.41, 5.74) is 0.206. The number of carbonyl (C=O) groups excluding carboxylic acids is 3. The van der Waals surface area contributed by atoms with Crippen molar-refractivity contribution in [2.75, 3.05) is 0 Å². The van der Waals surface area contributed by atoms with E-state index in [1.54, 1.807) is 20.8 Å². The Kier molecular flexibility index (Phi) is 12.7. The summed E-state index contributed by atoms with van der Waals surface area (Å²) in [5.74, 6) is -0.886. The summed E-state index contributed by atoms with van der Waals surface area (Å²) in [7, 11) is 0. The summed E-state index contributed by atoms with van der Waals surface area (Å²) < 4.78 is 16.5. The predicted octanol–water partition coefficient (Wildman–Crippen LogP) is 5.80. The van der Waals surface area contributed by atoms with E-state index >= 15 is 0 Å². The van der Waals surface area contributed by atoms with Crippen molar-refractivity contribution in [3.8, 4) is 0 Å². The molecule has 0 saturated carbocycles. The maximum absolute atomic E-state index is 13.1. The summed E-state index contributed by atoms with van der Waals surface area (Å²) in [6.45, 7) is 13.4. The molecular weight excluding hydrogens is 434 g/mol. The molecule has 1 amide bonds. The number of esters is 2. The molecule has 7 heteroatoms. The van der Waals surface area contributed by atoms with Gasteiger partial charge in [-0.3, -0.25) is 4.79 Å². The van der Waals surface area contributed by atoms with E-state index in [1.165, 1.54) is 0 Å². The van der Waals surface area contributed by atoms with Crippen LogP contribution in [0.1, 0.15) is 86.1 Å². The van der Waals surface area contributed by atoms with Crippen molar-refractivity contribution in [1.82, 2.24) is 5.32 Å². The Bertz CT molecular complexity index is 756. The number of nitrogens with one attached hydrogen (secondary N) is 1. The van der Waals surface area contributed by atoms with Gasteiger partial charge in [0.2, 0.25) is 0 Å². The second-order valence-corrected chi connectivity index (χ2v) is 10.3. The van der Waals surface area contributed by atoms with Crippen LogP contribution in [-0.2, 0) is 30.4 Å². The molecule has 3 atom stereocenters. The van der Waals surface area contributed by atoms with Crippen molar-refractivity contribution in [3.05, 3.63) is 35.9 Å². The minimum atomic E-state index is -0.865. The second kappa shape index (κ2) is 14.6. The summed E-state index contributed by atoms with van der Waals surface area (Å²) in [6, 6.07) is 8.56. The van der Waals surface area contributed by atoms with Gasteiger partial charge < -0.3 is 19.5 Å². The number of hydrogen-bond acceptors (Lipinski definition) is 6. The number of rotatable bonds is 13. The molecule has 1 N–H and O–H groups in total. The van der Waals surface area contributed by atoms with E-state index in [2.05, 4.69) is 12.2 Å². The molecule has 0 unspecified atom stereocenters. The third-order valence-corrected chi connectivity index (χ3v) is 5.21. The summed E-state index contributed by atoms with van der Waals surface area (Å²) >= 11 is 0. The third-order valence-electron chi connectivity index (χ3n) is 5.21. The van der Waals surface area contributed by atoms with Crippen LogP contribution in [0.4, 0.5) is 4.79 Å². The predicted molar refractivity (Wildman–Crippen MR) is 132 cm³/mol. The molecule has 0 heterocycles. The minimum absolute atomic E-state index is 0.0330. The van der Waals surface area contributed by atoms with Crippen molar-refractivity contribution in [1.29, 1.82) is 0 Å². The molecule has 0 aliphatic carbocycles. The Labute approximate surface area is 204 Å². The lowest BCUT2D eigenvalue weighted by molar-refractivity contribution is -0.160. The van der Waals surface area contributed by atoms with Crippen LogP contribution in [0.5, 0.6) is 0 Å². The molecule has 1 aromatic rings. The van der Waals surface area contributed by atoms with Gasteiger partial charge in [-0.05, 0) is 51.0 Å². The van der Waals surface area contributed by atoms with E-state index in [4.69, 9.17) is 14.2 Å². The zero-order chi connectivity index (χ0) is 25.7. The first-order chi connectivity index (χ1) is 15.9. The van der Waals surface area contributed by atoms with Gasteiger partial charge in [0, 0.05) is 0 Å². The maximum Gasteiger partial charge on any atom is 0.408 e. The van der Waals surface area contributed by atoms with E-state index < -0.39 is 35.8 Å². The molecule has 0 bridgehead atoms. The quantitative estimate of drug-likeness (QED) is 0.285. The molecular formula is C27H43NO6. The van der Waals surface area contributed by atoms with Crippen LogP contribution in [0, 0.1) is 11.8 Å². The van der Waals surface area contributed by atoms with E-state index in [0.29, 0.717) is 6.42 Å². The van der Waals surface area contributed by atoms with Gasteiger partial charge in [0.25, 0.3) is 0 Å². The van der Waals surface area contributed by atoms with Crippen molar-refractivity contribution >= 4 is 18.0 Å². The van der Waals surface area contributed by atoms with Gasteiger partial charge in [-0.2, -0.15) is 0 Å². The van der Waals surface area contributed by atoms with E-state index in [-0.39, 0.29) is 24.9 Å². The Morgan fingerprint density at radius 1 is 1.03 bits per heavy atom. The fourth-order valence-corrected chi connectivity index (χ4v) is 3.40. The Morgan fingerprint density at radius 3 is 2.24 bits per heavy atom. The van der Waals surface area contributed by atoms with Gasteiger partial charge in [-0.1, -0.05) is 70.9 Å². The van der Waals surface area contributed by atoms with Crippen molar-refractivity contribution in [2.24, 2.45) is 11.8 Å². The lowest BCUT2D eigenvalue weighted by Gasteiger charge is -2.28. The van der Waals surface area contributed by atoms with Gasteiger partial charge in [-0.25, -0.2) is 9.59 Å². The molecule has 0 fully saturated rings. The lowest BCUT2D eigenvalue weighted by atomic mass is 9.95. The number of unbranched alkanes of at least 4 members (excludes halogenated alkanes) is 1. The molecule has 192 valence electrons. The maximum atomic E-state index is 13.1. The summed E-state index contributed by atoms with van der Waals surface area (Å²) in [4.78, 5) is 37.9. The molecule has 1 aromatic carbocycles. The molecule has 0 saturated heterocycles. The molecule has 0 spiro atoms. The molecule has 0 aromatic heterocycles. The van der Waals surface area contributed by atoms with E-state index in [0.717, 1.165) is 24.8 Å². The number of amides is 1. The number of hydrogen-bond donors (Lipinski definition) is 1. The number of carbonyl (C=O) groups is 3. The van der Waals surface area contributed by atoms with Crippen LogP contribution >= 0.6 is 0 Å². The van der Waals surface area contributed by atoms with Crippen LogP contribution in [0.3, 0.4) is 0 Å². The zero-order valence-corrected chi connectivity index (χ0v) is 21.9. The third kappa shape index (κ3) is 12.6. The van der Waals surface area contributed by atoms with Gasteiger partial charge in [-0.15, -0.1) is 0 Å². The average molecular weight is 478 g/mol. The highest BCUT2D eigenvalue weighted by Gasteiger charge is 2.31. The molecule has 1 rings (SSSR count). The van der Waals surface area contributed by atoms with Crippen LogP contribution in [0.2, 0.25) is 0 Å². The molecule has 0 aliphatic heterocycles. The topological polar surface area (TPSA) is 90.9 Å². The number of ether oxygens (including phenoxy) is 3. The normalized spacial score (nSPS) is 14.1. The van der Waals surface area contributed by atoms with Crippen molar-refractivity contribution in [3.63, 3.8) is 0 Å². The first-order valence-corrected chi connectivity index (χ1v) is 12.3. The molecule has 0 aliphatic rings. The monoisotopic (exact) mass is 477 g/mol. The van der Waals surface area contributed by atoms with Crippen molar-refractivity contribution < 1.29 is 28.6 Å². The smallest absolute Gasteiger partial charge is 0.408 e. The largest absolute Gasteiger partial charge is 0.461 e. The van der Waals surface area contributed by atoms with Crippen LogP contribution in [0.15, 0.2) is 30.3 Å². The Balaban J connectivity index is 2.86. The zero-order valence-electron chi connectivity index (χ0n) is 21.9. The van der Waals surface area contributed by atoms with Crippen LogP contribution in [0.25, 0.3) is 0 Å². The van der Waals surface area contributed by atoms with Crippen LogP contribution in [-0.4, -0.2) is 35.8 Å². The van der Waals surface area contributed by atoms with Gasteiger partial charge in [0.05, 0.1) is 6.42 Å². The number of alkyl carbamates (subject to hydrolysis) is 1. The highest BCUT2D eigenvalue weighted by Crippen LogP contribution is 2.21. The first kappa shape index (κ1) is 29.5. The average Bonchev–Trinajstić information content (AvgIpc) is 2.74. The van der Waals surface area contributed by atoms with Crippen molar-refractivity contribution in [2.45, 2.75) is 105 Å². The van der Waals surface area contributed by atoms with E-state index in [1.807, 2.05) is 51.1 Å². The first-order valence-electron chi connectivity index (χ1n) is 12.3. The molecule has 0 radical (unpaired) electrons. The Morgan fingerprint density at radius 2 is 1.68 bits per heavy atom. The number of benzene rings is 1. The fraction of sp³-hybridized carbons (Fsp3) is 0.667. The summed E-state index contributed by atoms with van der Waals surface area (Å²) in [5, 5.41) is 2.64. The van der Waals surface area contributed by atoms with Gasteiger partial charge >= 0.3 is 18.0 Å². The van der Waals surface area contributed by atoms with Gasteiger partial charge in [0.15, 0.2) is 0 Å². The highest BCUT2D eigenvalue weighted by molar-refractivity contribution is 5.82. The lowest BCUT2D eigenvalue weighted by Crippen LogP contribution is -2.46. The molecule has 34 heavy (non-hydrogen) atoms. The SMILES string of the molecule is CCCC[C@H](C)[C@H](CC(=O)OCc1ccccc1)OC(=O)[C@@H](CC(C)C)NC(=O)OC(C)(C)C. The fourth-order valence-electron chi connectivity index (χ4n) is 3.40. The second-order valence-electron chi connectivity index (χ2n) is 10.3. The minimum Gasteiger partial charge on any atom is -0.461 e. The summed E-state index contributed by atoms with van der Waals surface area (Å²) in [6.07, 6.45) is 1.82. The van der Waals surface area contributed by atoms with Crippen LogP contribution < -0.4 is 5.32 Å². The van der Waals surface area contributed by atoms with E-state index in [9.17, 15) is 14.4 Å². The highest BCUT2D eigenvalue weighted by atomic mass is 16.6. The molecule has 7 nitrogen and oxygen atoms in total. The van der Waals surface area contributed by atoms with Gasteiger partial charge in [0.1, 0.15) is 24.4 Å². The standard InChI is InChI=1S/C27H43NO6/c1-8-9-13-20(4)23(17-24(29)32-18-21-14-11-10-12-15-21)33-25(30)22(16-19(2)3)28-26(31)34-27(5,6)7/h10-12,14-15,19-20,22-23H,8-9,13,16-18H2,1-7H3,(H,28,31)/t20-,22+,23-/m0/s1.